The molecule has 0 fully saturated rings. The third kappa shape index (κ3) is 19.1. The lowest BCUT2D eigenvalue weighted by atomic mass is 10.1. The SMILES string of the molecule is S=C=N/C=C\CCCCCCCCCCCC/C=C\N=C=S. The van der Waals surface area contributed by atoms with Gasteiger partial charge in [0.25, 0.3) is 0 Å². The molecule has 0 atom stereocenters. The predicted molar refractivity (Wildman–Crippen MR) is 104 cm³/mol. The predicted octanol–water partition coefficient (Wildman–Crippen LogP) is 6.90. The van der Waals surface area contributed by atoms with Gasteiger partial charge in [-0.1, -0.05) is 63.5 Å². The van der Waals surface area contributed by atoms with Gasteiger partial charge in [-0.3, -0.25) is 0 Å². The molecule has 2 nitrogen and oxygen atoms in total. The Labute approximate surface area is 146 Å². The Balaban J connectivity index is 3.11. The van der Waals surface area contributed by atoms with Gasteiger partial charge in [-0.05, 0) is 50.1 Å². The number of allylic oxidation sites excluding steroid dienone is 2. The second kappa shape index (κ2) is 20.1. The van der Waals surface area contributed by atoms with E-state index >= 15 is 0 Å². The van der Waals surface area contributed by atoms with Gasteiger partial charge in [-0.25, -0.2) is 9.98 Å². The maximum atomic E-state index is 4.49. The maximum Gasteiger partial charge on any atom is 0.0634 e. The number of isothiocyanates is 2. The van der Waals surface area contributed by atoms with Gasteiger partial charge in [0.2, 0.25) is 0 Å². The van der Waals surface area contributed by atoms with Crippen molar-refractivity contribution in [3.8, 4) is 0 Å². The molecule has 0 spiro atoms. The van der Waals surface area contributed by atoms with Crippen LogP contribution < -0.4 is 0 Å². The highest BCUT2D eigenvalue weighted by molar-refractivity contribution is 7.78. The third-order valence-corrected chi connectivity index (χ3v) is 3.67. The van der Waals surface area contributed by atoms with Gasteiger partial charge in [0.15, 0.2) is 0 Å². The van der Waals surface area contributed by atoms with Crippen molar-refractivity contribution in [2.24, 2.45) is 9.98 Å². The Bertz CT molecular complexity index is 352. The van der Waals surface area contributed by atoms with Crippen molar-refractivity contribution < 1.29 is 0 Å². The first-order valence-corrected chi connectivity index (χ1v) is 9.17. The van der Waals surface area contributed by atoms with Crippen LogP contribution >= 0.6 is 24.4 Å². The van der Waals surface area contributed by atoms with Crippen molar-refractivity contribution in [3.05, 3.63) is 24.6 Å². The van der Waals surface area contributed by atoms with Crippen LogP contribution in [0.2, 0.25) is 0 Å². The Morgan fingerprint density at radius 3 is 1.18 bits per heavy atom. The van der Waals surface area contributed by atoms with Crippen LogP contribution in [0.3, 0.4) is 0 Å². The van der Waals surface area contributed by atoms with Gasteiger partial charge in [0, 0.05) is 12.4 Å². The van der Waals surface area contributed by atoms with Crippen LogP contribution in [-0.2, 0) is 0 Å². The smallest absolute Gasteiger partial charge is 0.0634 e. The topological polar surface area (TPSA) is 24.7 Å². The molecule has 0 rings (SSSR count). The number of hydrogen-bond donors (Lipinski definition) is 0. The highest BCUT2D eigenvalue weighted by Gasteiger charge is 1.92. The van der Waals surface area contributed by atoms with E-state index in [1.165, 1.54) is 64.2 Å². The standard InChI is InChI=1S/C18H28N2S2/c21-17-19-15-13-11-9-7-5-3-1-2-4-6-8-10-12-14-16-20-18-22/h13-16H,1-12H2/b15-13-,16-14-. The van der Waals surface area contributed by atoms with E-state index in [2.05, 4.69) is 56.9 Å². The Kier molecular flexibility index (Phi) is 19.2. The molecule has 0 aliphatic carbocycles. The first-order valence-electron chi connectivity index (χ1n) is 8.36. The largest absolute Gasteiger partial charge is 0.203 e. The number of aliphatic imine (C=N–C) groups is 2. The van der Waals surface area contributed by atoms with E-state index in [1.807, 2.05) is 0 Å². The summed E-state index contributed by atoms with van der Waals surface area (Å²) in [6.45, 7) is 0. The summed E-state index contributed by atoms with van der Waals surface area (Å²) in [5, 5.41) is 4.66. The summed E-state index contributed by atoms with van der Waals surface area (Å²) in [5.74, 6) is 0. The van der Waals surface area contributed by atoms with Crippen molar-refractivity contribution in [2.45, 2.75) is 77.0 Å². The summed E-state index contributed by atoms with van der Waals surface area (Å²) in [6, 6.07) is 0. The molecule has 122 valence electrons. The number of hydrogen-bond acceptors (Lipinski definition) is 4. The quantitative estimate of drug-likeness (QED) is 0.184. The molecular weight excluding hydrogens is 308 g/mol. The van der Waals surface area contributed by atoms with Crippen LogP contribution in [0.4, 0.5) is 0 Å². The molecule has 0 aromatic heterocycles. The maximum absolute atomic E-state index is 4.49. The molecule has 0 aliphatic rings. The molecule has 4 heteroatoms. The van der Waals surface area contributed by atoms with Crippen LogP contribution in [0, 0.1) is 0 Å². The molecule has 0 aromatic carbocycles. The summed E-state index contributed by atoms with van der Waals surface area (Å²) in [6.07, 6.45) is 23.2. The van der Waals surface area contributed by atoms with Crippen molar-refractivity contribution in [3.63, 3.8) is 0 Å². The Morgan fingerprint density at radius 2 is 0.864 bits per heavy atom. The second-order valence-corrected chi connectivity index (χ2v) is 5.69. The van der Waals surface area contributed by atoms with Gasteiger partial charge in [0.1, 0.15) is 0 Å². The zero-order chi connectivity index (χ0) is 16.1. The van der Waals surface area contributed by atoms with Crippen LogP contribution in [0.1, 0.15) is 77.0 Å². The number of thiocarbonyl (C=S) groups is 2. The summed E-state index contributed by atoms with van der Waals surface area (Å²) >= 11 is 8.97. The summed E-state index contributed by atoms with van der Waals surface area (Å²) in [5.41, 5.74) is 0. The van der Waals surface area contributed by atoms with Crippen molar-refractivity contribution in [1.29, 1.82) is 0 Å². The van der Waals surface area contributed by atoms with E-state index in [9.17, 15) is 0 Å². The zero-order valence-electron chi connectivity index (χ0n) is 13.5. The molecule has 0 aromatic rings. The minimum atomic E-state index is 1.10. The molecule has 0 bridgehead atoms. The van der Waals surface area contributed by atoms with Gasteiger partial charge < -0.3 is 0 Å². The molecular formula is C18H28N2S2. The van der Waals surface area contributed by atoms with Gasteiger partial charge in [-0.2, -0.15) is 0 Å². The van der Waals surface area contributed by atoms with E-state index in [1.54, 1.807) is 12.4 Å². The summed E-state index contributed by atoms with van der Waals surface area (Å²) in [4.78, 5) is 7.50. The van der Waals surface area contributed by atoms with Gasteiger partial charge in [0.05, 0.1) is 10.3 Å². The fraction of sp³-hybridized carbons (Fsp3) is 0.667. The van der Waals surface area contributed by atoms with Crippen LogP contribution in [-0.4, -0.2) is 10.3 Å². The Morgan fingerprint density at radius 1 is 0.545 bits per heavy atom. The fourth-order valence-corrected chi connectivity index (χ4v) is 2.38. The Hall–Kier alpha value is -0.920. The van der Waals surface area contributed by atoms with Gasteiger partial charge in [-0.15, -0.1) is 0 Å². The van der Waals surface area contributed by atoms with E-state index in [0.29, 0.717) is 0 Å². The molecule has 0 amide bonds. The molecule has 0 heterocycles. The molecule has 0 saturated heterocycles. The summed E-state index contributed by atoms with van der Waals surface area (Å²) < 4.78 is 0. The van der Waals surface area contributed by atoms with Crippen molar-refractivity contribution >= 4 is 34.8 Å². The molecule has 22 heavy (non-hydrogen) atoms. The minimum absolute atomic E-state index is 1.10. The lowest BCUT2D eigenvalue weighted by Crippen LogP contribution is -1.82. The van der Waals surface area contributed by atoms with Crippen molar-refractivity contribution in [2.75, 3.05) is 0 Å². The monoisotopic (exact) mass is 336 g/mol. The van der Waals surface area contributed by atoms with Gasteiger partial charge >= 0.3 is 0 Å². The molecule has 0 saturated carbocycles. The number of unbranched alkanes of at least 4 members (excludes halogenated alkanes) is 11. The highest BCUT2D eigenvalue weighted by Crippen LogP contribution is 2.12. The van der Waals surface area contributed by atoms with E-state index < -0.39 is 0 Å². The average Bonchev–Trinajstić information content (AvgIpc) is 2.54. The molecule has 0 N–H and O–H groups in total. The fourth-order valence-electron chi connectivity index (χ4n) is 2.25. The summed E-state index contributed by atoms with van der Waals surface area (Å²) in [7, 11) is 0. The minimum Gasteiger partial charge on any atom is -0.203 e. The van der Waals surface area contributed by atoms with E-state index in [0.717, 1.165) is 12.8 Å². The lowest BCUT2D eigenvalue weighted by Gasteiger charge is -2.01. The van der Waals surface area contributed by atoms with Crippen molar-refractivity contribution in [1.82, 2.24) is 0 Å². The van der Waals surface area contributed by atoms with Crippen LogP contribution in [0.25, 0.3) is 0 Å². The second-order valence-electron chi connectivity index (χ2n) is 5.32. The first-order chi connectivity index (χ1) is 10.9. The highest BCUT2D eigenvalue weighted by atomic mass is 32.1. The number of rotatable bonds is 15. The molecule has 0 unspecified atom stereocenters. The first kappa shape index (κ1) is 21.1. The van der Waals surface area contributed by atoms with E-state index in [-0.39, 0.29) is 0 Å². The molecule has 0 radical (unpaired) electrons. The normalized spacial score (nSPS) is 10.7. The zero-order valence-corrected chi connectivity index (χ0v) is 15.1. The third-order valence-electron chi connectivity index (χ3n) is 3.46. The lowest BCUT2D eigenvalue weighted by molar-refractivity contribution is 0.553. The van der Waals surface area contributed by atoms with Crippen LogP contribution in [0.5, 0.6) is 0 Å². The van der Waals surface area contributed by atoms with E-state index in [4.69, 9.17) is 0 Å². The van der Waals surface area contributed by atoms with Crippen LogP contribution in [0.15, 0.2) is 34.5 Å². The average molecular weight is 337 g/mol. The molecule has 0 aliphatic heterocycles. The number of nitrogens with zero attached hydrogens (tertiary/aromatic N) is 2.